The van der Waals surface area contributed by atoms with E-state index in [2.05, 4.69) is 0 Å². The van der Waals surface area contributed by atoms with Crippen LogP contribution in [0, 0.1) is 11.3 Å². The number of carbonyl (C=O) groups is 1. The van der Waals surface area contributed by atoms with Gasteiger partial charge in [0, 0.05) is 37.9 Å². The lowest BCUT2D eigenvalue weighted by molar-refractivity contribution is -0.131. The Morgan fingerprint density at radius 2 is 2.26 bits per heavy atom. The molecule has 1 amide bonds. The van der Waals surface area contributed by atoms with Gasteiger partial charge in [0.1, 0.15) is 5.37 Å². The normalized spacial score (nSPS) is 20.8. The average Bonchev–Trinajstić information content (AvgIpc) is 2.35. The summed E-state index contributed by atoms with van der Waals surface area (Å²) in [6.45, 7) is 1.07. The molecule has 0 radical (unpaired) electrons. The van der Waals surface area contributed by atoms with Crippen LogP contribution in [-0.2, 0) is 14.6 Å². The zero-order valence-electron chi connectivity index (χ0n) is 11.2. The van der Waals surface area contributed by atoms with Gasteiger partial charge in [-0.25, -0.2) is 8.42 Å². The van der Waals surface area contributed by atoms with E-state index in [1.54, 1.807) is 23.7 Å². The Hall–Kier alpha value is -0.780. The maximum absolute atomic E-state index is 12.0. The van der Waals surface area contributed by atoms with E-state index >= 15 is 0 Å². The molecule has 1 aliphatic heterocycles. The van der Waals surface area contributed by atoms with E-state index in [4.69, 9.17) is 5.26 Å². The molecule has 0 aromatic rings. The smallest absolute Gasteiger partial charge is 0.236 e. The third-order valence-electron chi connectivity index (χ3n) is 3.01. The molecule has 19 heavy (non-hydrogen) atoms. The molecule has 0 aromatic carbocycles. The summed E-state index contributed by atoms with van der Waals surface area (Å²) in [5.74, 6) is 1.20. The minimum atomic E-state index is -3.18. The van der Waals surface area contributed by atoms with Crippen LogP contribution in [0.15, 0.2) is 0 Å². The topological polar surface area (TPSA) is 81.5 Å². The molecule has 1 unspecified atom stereocenters. The highest BCUT2D eigenvalue weighted by molar-refractivity contribution is 8.00. The van der Waals surface area contributed by atoms with Gasteiger partial charge in [0.25, 0.3) is 0 Å². The monoisotopic (exact) mass is 305 g/mol. The van der Waals surface area contributed by atoms with Crippen molar-refractivity contribution < 1.29 is 13.2 Å². The Balaban J connectivity index is 2.63. The Labute approximate surface area is 118 Å². The van der Waals surface area contributed by atoms with Crippen molar-refractivity contribution in [1.82, 2.24) is 9.80 Å². The number of sulfone groups is 1. The Bertz CT molecular complexity index is 458. The summed E-state index contributed by atoms with van der Waals surface area (Å²) in [6.07, 6.45) is 1.49. The first-order valence-corrected chi connectivity index (χ1v) is 9.08. The molecule has 0 N–H and O–H groups in total. The van der Waals surface area contributed by atoms with Crippen LogP contribution in [0.1, 0.15) is 6.42 Å². The van der Waals surface area contributed by atoms with Crippen molar-refractivity contribution in [2.45, 2.75) is 11.8 Å². The molecule has 8 heteroatoms. The third-order valence-corrected chi connectivity index (χ3v) is 5.69. The molecule has 1 rings (SSSR count). The highest BCUT2D eigenvalue weighted by Crippen LogP contribution is 2.20. The summed E-state index contributed by atoms with van der Waals surface area (Å²) in [5.41, 5.74) is 0. The Morgan fingerprint density at radius 3 is 2.84 bits per heavy atom. The van der Waals surface area contributed by atoms with Gasteiger partial charge in [-0.05, 0) is 0 Å². The zero-order valence-corrected chi connectivity index (χ0v) is 12.8. The molecule has 0 aromatic heterocycles. The molecule has 1 atom stereocenters. The fraction of sp³-hybridized carbons (Fsp3) is 0.818. The first-order chi connectivity index (χ1) is 8.86. The minimum Gasteiger partial charge on any atom is -0.344 e. The van der Waals surface area contributed by atoms with Gasteiger partial charge in [0.15, 0.2) is 9.84 Å². The predicted octanol–water partition coefficient (Wildman–Crippen LogP) is -0.222. The number of hydrogen-bond donors (Lipinski definition) is 0. The average molecular weight is 305 g/mol. The molecule has 108 valence electrons. The van der Waals surface area contributed by atoms with Crippen LogP contribution in [0.3, 0.4) is 0 Å². The molecule has 0 saturated carbocycles. The lowest BCUT2D eigenvalue weighted by atomic mass is 10.4. The number of nitriles is 1. The second kappa shape index (κ2) is 7.12. The number of rotatable bonds is 5. The fourth-order valence-corrected chi connectivity index (χ4v) is 4.77. The summed E-state index contributed by atoms with van der Waals surface area (Å²) < 4.78 is 23.4. The van der Waals surface area contributed by atoms with Gasteiger partial charge in [0.2, 0.25) is 5.91 Å². The van der Waals surface area contributed by atoms with E-state index in [-0.39, 0.29) is 18.9 Å². The molecular formula is C11H19N3O3S2. The van der Waals surface area contributed by atoms with E-state index in [0.717, 1.165) is 5.75 Å². The van der Waals surface area contributed by atoms with Crippen molar-refractivity contribution in [1.29, 1.82) is 5.26 Å². The first kappa shape index (κ1) is 16.3. The molecule has 0 spiro atoms. The van der Waals surface area contributed by atoms with Crippen molar-refractivity contribution in [3.63, 3.8) is 0 Å². The molecular weight excluding hydrogens is 286 g/mol. The SMILES string of the molecule is CN(CCC#N)C(=O)CN1CCSCC1S(C)(=O)=O. The summed E-state index contributed by atoms with van der Waals surface area (Å²) in [5, 5.41) is 7.90. The fourth-order valence-electron chi connectivity index (χ4n) is 1.83. The summed E-state index contributed by atoms with van der Waals surface area (Å²) in [6, 6.07) is 1.98. The van der Waals surface area contributed by atoms with Crippen molar-refractivity contribution in [2.24, 2.45) is 0 Å². The van der Waals surface area contributed by atoms with Crippen molar-refractivity contribution in [3.8, 4) is 6.07 Å². The number of amides is 1. The van der Waals surface area contributed by atoms with E-state index in [0.29, 0.717) is 18.8 Å². The summed E-state index contributed by atoms with van der Waals surface area (Å²) in [7, 11) is -1.55. The number of hydrogen-bond acceptors (Lipinski definition) is 6. The summed E-state index contributed by atoms with van der Waals surface area (Å²) in [4.78, 5) is 15.2. The number of thioether (sulfide) groups is 1. The number of likely N-dealkylation sites (N-methyl/N-ethyl adjacent to an activating group) is 1. The quantitative estimate of drug-likeness (QED) is 0.698. The first-order valence-electron chi connectivity index (χ1n) is 5.98. The number of nitrogens with zero attached hydrogens (tertiary/aromatic N) is 3. The maximum Gasteiger partial charge on any atom is 0.236 e. The molecule has 6 nitrogen and oxygen atoms in total. The summed E-state index contributed by atoms with van der Waals surface area (Å²) >= 11 is 1.59. The Morgan fingerprint density at radius 1 is 1.58 bits per heavy atom. The molecule has 1 fully saturated rings. The van der Waals surface area contributed by atoms with Gasteiger partial charge in [-0.15, -0.1) is 0 Å². The molecule has 1 aliphatic rings. The van der Waals surface area contributed by atoms with E-state index < -0.39 is 15.2 Å². The van der Waals surface area contributed by atoms with Crippen molar-refractivity contribution >= 4 is 27.5 Å². The van der Waals surface area contributed by atoms with Crippen LogP contribution in [0.4, 0.5) is 0 Å². The van der Waals surface area contributed by atoms with Crippen LogP contribution in [0.5, 0.6) is 0 Å². The molecule has 0 aliphatic carbocycles. The van der Waals surface area contributed by atoms with Gasteiger partial charge in [-0.1, -0.05) is 0 Å². The number of carbonyl (C=O) groups excluding carboxylic acids is 1. The van der Waals surface area contributed by atoms with Crippen LogP contribution < -0.4 is 0 Å². The van der Waals surface area contributed by atoms with Gasteiger partial charge < -0.3 is 4.90 Å². The molecule has 1 heterocycles. The van der Waals surface area contributed by atoms with Gasteiger partial charge >= 0.3 is 0 Å². The van der Waals surface area contributed by atoms with Crippen molar-refractivity contribution in [3.05, 3.63) is 0 Å². The Kier molecular flexibility index (Phi) is 6.10. The standard InChI is InChI=1S/C11H19N3O3S2/c1-13(5-3-4-12)10(15)8-14-6-7-18-9-11(14)19(2,16)17/h11H,3,5-9H2,1-2H3. The zero-order chi connectivity index (χ0) is 14.5. The van der Waals surface area contributed by atoms with E-state index in [1.165, 1.54) is 11.2 Å². The van der Waals surface area contributed by atoms with Crippen LogP contribution >= 0.6 is 11.8 Å². The predicted molar refractivity (Wildman–Crippen MR) is 75.4 cm³/mol. The highest BCUT2D eigenvalue weighted by atomic mass is 32.2. The molecule has 0 bridgehead atoms. The van der Waals surface area contributed by atoms with E-state index in [9.17, 15) is 13.2 Å². The van der Waals surface area contributed by atoms with Gasteiger partial charge in [0.05, 0.1) is 19.0 Å². The largest absolute Gasteiger partial charge is 0.344 e. The third kappa shape index (κ3) is 5.01. The minimum absolute atomic E-state index is 0.0974. The van der Waals surface area contributed by atoms with Gasteiger partial charge in [-0.3, -0.25) is 9.69 Å². The maximum atomic E-state index is 12.0. The lowest BCUT2D eigenvalue weighted by Gasteiger charge is -2.34. The van der Waals surface area contributed by atoms with Gasteiger partial charge in [-0.2, -0.15) is 17.0 Å². The van der Waals surface area contributed by atoms with Crippen LogP contribution in [0.2, 0.25) is 0 Å². The highest BCUT2D eigenvalue weighted by Gasteiger charge is 2.32. The van der Waals surface area contributed by atoms with Crippen LogP contribution in [-0.4, -0.2) is 73.9 Å². The second-order valence-electron chi connectivity index (χ2n) is 4.55. The lowest BCUT2D eigenvalue weighted by Crippen LogP contribution is -2.50. The van der Waals surface area contributed by atoms with Crippen molar-refractivity contribution in [2.75, 3.05) is 44.4 Å². The molecule has 1 saturated heterocycles. The van der Waals surface area contributed by atoms with Crippen LogP contribution in [0.25, 0.3) is 0 Å². The second-order valence-corrected chi connectivity index (χ2v) is 7.91. The van der Waals surface area contributed by atoms with E-state index in [1.807, 2.05) is 6.07 Å².